The van der Waals surface area contributed by atoms with Gasteiger partial charge in [-0.1, -0.05) is 22.0 Å². The molecule has 0 spiro atoms. The molecule has 0 saturated carbocycles. The fourth-order valence-corrected chi connectivity index (χ4v) is 1.82. The predicted molar refractivity (Wildman–Crippen MR) is 54.7 cm³/mol. The van der Waals surface area contributed by atoms with Gasteiger partial charge in [0.25, 0.3) is 0 Å². The Morgan fingerprint density at radius 3 is 2.17 bits per heavy atom. The van der Waals surface area contributed by atoms with Gasteiger partial charge >= 0.3 is 0 Å². The smallest absolute Gasteiger partial charge is 0.0223 e. The molecule has 0 aliphatic carbocycles. The number of nitrogens with two attached hydrogens (primary N) is 2. The summed E-state index contributed by atoms with van der Waals surface area (Å²) >= 11 is 3.45. The van der Waals surface area contributed by atoms with E-state index in [0.29, 0.717) is 13.1 Å². The van der Waals surface area contributed by atoms with Crippen molar-refractivity contribution in [3.05, 3.63) is 33.3 Å². The Morgan fingerprint density at radius 1 is 1.17 bits per heavy atom. The van der Waals surface area contributed by atoms with E-state index in [-0.39, 0.29) is 0 Å². The molecule has 0 unspecified atom stereocenters. The molecule has 12 heavy (non-hydrogen) atoms. The molecule has 0 radical (unpaired) electrons. The maximum Gasteiger partial charge on any atom is 0.0223 e. The van der Waals surface area contributed by atoms with E-state index < -0.39 is 0 Å². The van der Waals surface area contributed by atoms with Gasteiger partial charge in [0.2, 0.25) is 0 Å². The molecule has 4 N–H and O–H groups in total. The van der Waals surface area contributed by atoms with Gasteiger partial charge in [0.15, 0.2) is 0 Å². The van der Waals surface area contributed by atoms with E-state index in [1.54, 1.807) is 0 Å². The lowest BCUT2D eigenvalue weighted by Gasteiger charge is -2.10. The van der Waals surface area contributed by atoms with Crippen LogP contribution in [0.25, 0.3) is 0 Å². The molecule has 0 aliphatic rings. The maximum atomic E-state index is 5.62. The Hall–Kier alpha value is -0.380. The second-order valence-corrected chi connectivity index (χ2v) is 3.58. The molecule has 1 rings (SSSR count). The number of benzene rings is 1. The van der Waals surface area contributed by atoms with E-state index in [2.05, 4.69) is 15.9 Å². The number of aryl methyl sites for hydroxylation is 1. The van der Waals surface area contributed by atoms with E-state index in [1.807, 2.05) is 19.1 Å². The highest BCUT2D eigenvalue weighted by atomic mass is 79.9. The third kappa shape index (κ3) is 1.68. The molecule has 0 aliphatic heterocycles. The largest absolute Gasteiger partial charge is 0.326 e. The first-order valence-corrected chi connectivity index (χ1v) is 4.67. The monoisotopic (exact) mass is 228 g/mol. The summed E-state index contributed by atoms with van der Waals surface area (Å²) in [5, 5.41) is 0. The number of hydrogen-bond donors (Lipinski definition) is 2. The van der Waals surface area contributed by atoms with Crippen molar-refractivity contribution >= 4 is 15.9 Å². The van der Waals surface area contributed by atoms with Crippen LogP contribution < -0.4 is 11.5 Å². The lowest BCUT2D eigenvalue weighted by Crippen LogP contribution is -2.08. The summed E-state index contributed by atoms with van der Waals surface area (Å²) in [6.07, 6.45) is 0. The Morgan fingerprint density at radius 2 is 1.75 bits per heavy atom. The highest BCUT2D eigenvalue weighted by molar-refractivity contribution is 9.10. The summed E-state index contributed by atoms with van der Waals surface area (Å²) in [6, 6.07) is 4.06. The third-order valence-corrected chi connectivity index (χ3v) is 2.76. The molecular weight excluding hydrogens is 216 g/mol. The van der Waals surface area contributed by atoms with Crippen molar-refractivity contribution in [2.45, 2.75) is 20.0 Å². The summed E-state index contributed by atoms with van der Waals surface area (Å²) in [7, 11) is 0. The predicted octanol–water partition coefficient (Wildman–Crippen LogP) is 1.67. The molecule has 2 nitrogen and oxygen atoms in total. The lowest BCUT2D eigenvalue weighted by atomic mass is 10.0. The zero-order valence-corrected chi connectivity index (χ0v) is 8.69. The fourth-order valence-electron chi connectivity index (χ4n) is 1.29. The van der Waals surface area contributed by atoms with Crippen LogP contribution in [0.4, 0.5) is 0 Å². The van der Waals surface area contributed by atoms with Crippen molar-refractivity contribution in [2.75, 3.05) is 0 Å². The van der Waals surface area contributed by atoms with Crippen LogP contribution in [0.1, 0.15) is 16.7 Å². The first kappa shape index (κ1) is 9.71. The van der Waals surface area contributed by atoms with Gasteiger partial charge < -0.3 is 11.5 Å². The topological polar surface area (TPSA) is 52.0 Å². The van der Waals surface area contributed by atoms with E-state index in [9.17, 15) is 0 Å². The van der Waals surface area contributed by atoms with Crippen LogP contribution in [0, 0.1) is 6.92 Å². The van der Waals surface area contributed by atoms with E-state index in [1.165, 1.54) is 5.56 Å². The quantitative estimate of drug-likeness (QED) is 0.810. The minimum Gasteiger partial charge on any atom is -0.326 e. The van der Waals surface area contributed by atoms with Gasteiger partial charge in [-0.05, 0) is 29.7 Å². The SMILES string of the molecule is Cc1ccc(Br)c(CN)c1CN. The summed E-state index contributed by atoms with van der Waals surface area (Å²) in [5.74, 6) is 0. The first-order chi connectivity index (χ1) is 5.70. The normalized spacial score (nSPS) is 10.3. The minimum absolute atomic E-state index is 0.537. The summed E-state index contributed by atoms with van der Waals surface area (Å²) in [4.78, 5) is 0. The van der Waals surface area contributed by atoms with Crippen LogP contribution in [0.15, 0.2) is 16.6 Å². The standard InChI is InChI=1S/C9H13BrN2/c1-6-2-3-9(10)8(5-12)7(6)4-11/h2-3H,4-5,11-12H2,1H3. The van der Waals surface area contributed by atoms with Crippen molar-refractivity contribution in [2.24, 2.45) is 11.5 Å². The molecule has 1 aromatic carbocycles. The van der Waals surface area contributed by atoms with Gasteiger partial charge in [0.05, 0.1) is 0 Å². The third-order valence-electron chi connectivity index (χ3n) is 2.02. The van der Waals surface area contributed by atoms with Crippen LogP contribution in [0.5, 0.6) is 0 Å². The molecule has 0 atom stereocenters. The second-order valence-electron chi connectivity index (χ2n) is 2.73. The van der Waals surface area contributed by atoms with Crippen LogP contribution in [0.2, 0.25) is 0 Å². The highest BCUT2D eigenvalue weighted by Crippen LogP contribution is 2.22. The van der Waals surface area contributed by atoms with Gasteiger partial charge in [-0.3, -0.25) is 0 Å². The van der Waals surface area contributed by atoms with Gasteiger partial charge in [0.1, 0.15) is 0 Å². The average Bonchev–Trinajstić information content (AvgIpc) is 2.08. The van der Waals surface area contributed by atoms with Crippen LogP contribution in [-0.4, -0.2) is 0 Å². The molecule has 0 bridgehead atoms. The number of rotatable bonds is 2. The first-order valence-electron chi connectivity index (χ1n) is 3.87. The molecule has 3 heteroatoms. The Kier molecular flexibility index (Phi) is 3.26. The van der Waals surface area contributed by atoms with Crippen LogP contribution in [-0.2, 0) is 13.1 Å². The maximum absolute atomic E-state index is 5.62. The van der Waals surface area contributed by atoms with Gasteiger partial charge in [-0.15, -0.1) is 0 Å². The highest BCUT2D eigenvalue weighted by Gasteiger charge is 2.05. The molecule has 0 amide bonds. The zero-order valence-electron chi connectivity index (χ0n) is 7.10. The summed E-state index contributed by atoms with van der Waals surface area (Å²) < 4.78 is 1.05. The Balaban J connectivity index is 3.28. The molecule has 66 valence electrons. The van der Waals surface area contributed by atoms with Crippen molar-refractivity contribution in [1.29, 1.82) is 0 Å². The molecule has 0 saturated heterocycles. The van der Waals surface area contributed by atoms with Crippen LogP contribution >= 0.6 is 15.9 Å². The molecule has 0 fully saturated rings. The molecular formula is C9H13BrN2. The zero-order chi connectivity index (χ0) is 9.14. The van der Waals surface area contributed by atoms with E-state index >= 15 is 0 Å². The van der Waals surface area contributed by atoms with Crippen molar-refractivity contribution < 1.29 is 0 Å². The number of hydrogen-bond acceptors (Lipinski definition) is 2. The van der Waals surface area contributed by atoms with Crippen molar-refractivity contribution in [3.63, 3.8) is 0 Å². The number of halogens is 1. The van der Waals surface area contributed by atoms with E-state index in [4.69, 9.17) is 11.5 Å². The summed E-state index contributed by atoms with van der Waals surface area (Å²) in [6.45, 7) is 3.14. The Labute approximate surface area is 81.1 Å². The van der Waals surface area contributed by atoms with E-state index in [0.717, 1.165) is 15.6 Å². The minimum atomic E-state index is 0.537. The van der Waals surface area contributed by atoms with Crippen LogP contribution in [0.3, 0.4) is 0 Å². The van der Waals surface area contributed by atoms with Crippen molar-refractivity contribution in [3.8, 4) is 0 Å². The molecule has 0 aromatic heterocycles. The Bertz CT molecular complexity index is 255. The average molecular weight is 229 g/mol. The van der Waals surface area contributed by atoms with Gasteiger partial charge in [-0.2, -0.15) is 0 Å². The van der Waals surface area contributed by atoms with Gasteiger partial charge in [-0.25, -0.2) is 0 Å². The van der Waals surface area contributed by atoms with Gasteiger partial charge in [0, 0.05) is 17.6 Å². The summed E-state index contributed by atoms with van der Waals surface area (Å²) in [5.41, 5.74) is 14.7. The lowest BCUT2D eigenvalue weighted by molar-refractivity contribution is 0.958. The fraction of sp³-hybridized carbons (Fsp3) is 0.333. The second kappa shape index (κ2) is 4.03. The van der Waals surface area contributed by atoms with Crippen molar-refractivity contribution in [1.82, 2.24) is 0 Å². The molecule has 1 aromatic rings. The molecule has 0 heterocycles.